The molecule has 0 radical (unpaired) electrons. The fourth-order valence-corrected chi connectivity index (χ4v) is 2.48. The second-order valence-corrected chi connectivity index (χ2v) is 5.18. The topological polar surface area (TPSA) is 73.9 Å². The van der Waals surface area contributed by atoms with Gasteiger partial charge in [0.05, 0.1) is 10.8 Å². The number of hydrogen-bond donors (Lipinski definition) is 3. The molecule has 7 heteroatoms. The summed E-state index contributed by atoms with van der Waals surface area (Å²) in [7, 11) is 1.81. The van der Waals surface area contributed by atoms with Gasteiger partial charge in [0.2, 0.25) is 0 Å². The number of aromatic nitrogens is 2. The summed E-state index contributed by atoms with van der Waals surface area (Å²) >= 11 is 5.44. The molecule has 17 heavy (non-hydrogen) atoms. The second-order valence-electron chi connectivity index (χ2n) is 3.36. The Hall–Kier alpha value is -0.410. The molecule has 0 spiro atoms. The first-order chi connectivity index (χ1) is 8.02. The van der Waals surface area contributed by atoms with Gasteiger partial charge in [-0.25, -0.2) is 0 Å². The van der Waals surface area contributed by atoms with Crippen molar-refractivity contribution in [2.75, 3.05) is 6.54 Å². The van der Waals surface area contributed by atoms with Gasteiger partial charge in [-0.05, 0) is 45.4 Å². The highest BCUT2D eigenvalue weighted by molar-refractivity contribution is 14.1. The third kappa shape index (κ3) is 3.29. The summed E-state index contributed by atoms with van der Waals surface area (Å²) in [5, 5.41) is 24.7. The summed E-state index contributed by atoms with van der Waals surface area (Å²) in [6.45, 7) is 2.66. The minimum Gasteiger partial charge on any atom is -0.383 e. The van der Waals surface area contributed by atoms with Crippen LogP contribution < -0.4 is 5.32 Å². The van der Waals surface area contributed by atoms with E-state index in [0.29, 0.717) is 15.7 Å². The van der Waals surface area contributed by atoms with Gasteiger partial charge in [-0.3, -0.25) is 4.68 Å². The van der Waals surface area contributed by atoms with Crippen molar-refractivity contribution in [3.63, 3.8) is 0 Å². The Morgan fingerprint density at radius 2 is 2.47 bits per heavy atom. The van der Waals surface area contributed by atoms with E-state index in [4.69, 9.17) is 5.41 Å². The summed E-state index contributed by atoms with van der Waals surface area (Å²) < 4.78 is 3.16. The second kappa shape index (κ2) is 6.50. The largest absolute Gasteiger partial charge is 0.383 e. The van der Waals surface area contributed by atoms with Gasteiger partial charge in [0, 0.05) is 30.9 Å². The predicted molar refractivity (Wildman–Crippen MR) is 79.3 cm³/mol. The van der Waals surface area contributed by atoms with Crippen molar-refractivity contribution in [3.05, 3.63) is 25.6 Å². The SMILES string of the molecule is CCN/C(Br)=C(\C=N)C(O)c1cnn(C)c1I. The fourth-order valence-electron chi connectivity index (χ4n) is 1.31. The smallest absolute Gasteiger partial charge is 0.112 e. The van der Waals surface area contributed by atoms with Crippen LogP contribution in [0.15, 0.2) is 16.4 Å². The van der Waals surface area contributed by atoms with E-state index in [9.17, 15) is 5.11 Å². The molecule has 1 heterocycles. The van der Waals surface area contributed by atoms with Crippen LogP contribution in [0.4, 0.5) is 0 Å². The fraction of sp³-hybridized carbons (Fsp3) is 0.400. The van der Waals surface area contributed by atoms with E-state index in [2.05, 4.69) is 48.9 Å². The van der Waals surface area contributed by atoms with Crippen molar-refractivity contribution in [1.29, 1.82) is 5.41 Å². The number of rotatable bonds is 5. The first-order valence-electron chi connectivity index (χ1n) is 5.02. The summed E-state index contributed by atoms with van der Waals surface area (Å²) in [6, 6.07) is 0. The Kier molecular flexibility index (Phi) is 5.60. The van der Waals surface area contributed by atoms with E-state index >= 15 is 0 Å². The summed E-state index contributed by atoms with van der Waals surface area (Å²) in [6.07, 6.45) is 1.89. The van der Waals surface area contributed by atoms with Crippen LogP contribution in [0.25, 0.3) is 0 Å². The summed E-state index contributed by atoms with van der Waals surface area (Å²) in [5.74, 6) is 0. The Morgan fingerprint density at radius 1 is 1.82 bits per heavy atom. The molecule has 1 rings (SSSR count). The standard InChI is InChI=1S/C10H14BrIN4O/c1-3-14-9(11)6(4-13)8(17)7-5-15-16(2)10(7)12/h4-5,8,13-14,17H,3H2,1-2H3/b9-6+,13-4?. The molecule has 1 unspecified atom stereocenters. The number of aryl methyl sites for hydroxylation is 1. The summed E-state index contributed by atoms with van der Waals surface area (Å²) in [4.78, 5) is 0. The summed E-state index contributed by atoms with van der Waals surface area (Å²) in [5.41, 5.74) is 1.18. The third-order valence-electron chi connectivity index (χ3n) is 2.22. The van der Waals surface area contributed by atoms with Crippen molar-refractivity contribution in [2.24, 2.45) is 7.05 Å². The van der Waals surface area contributed by atoms with E-state index in [1.54, 1.807) is 10.9 Å². The number of nitrogens with one attached hydrogen (secondary N) is 2. The minimum atomic E-state index is -0.860. The number of halogens is 2. The van der Waals surface area contributed by atoms with E-state index in [1.165, 1.54) is 0 Å². The molecule has 0 bridgehead atoms. The number of nitrogens with zero attached hydrogens (tertiary/aromatic N) is 2. The Morgan fingerprint density at radius 3 is 2.88 bits per heavy atom. The maximum absolute atomic E-state index is 10.2. The van der Waals surface area contributed by atoms with E-state index in [1.807, 2.05) is 14.0 Å². The molecule has 0 aromatic carbocycles. The molecule has 1 aromatic heterocycles. The monoisotopic (exact) mass is 412 g/mol. The highest BCUT2D eigenvalue weighted by Gasteiger charge is 2.20. The first-order valence-corrected chi connectivity index (χ1v) is 6.89. The molecule has 0 aliphatic rings. The Balaban J connectivity index is 3.10. The van der Waals surface area contributed by atoms with Crippen molar-refractivity contribution < 1.29 is 5.11 Å². The van der Waals surface area contributed by atoms with Gasteiger partial charge in [0.1, 0.15) is 9.80 Å². The average molecular weight is 413 g/mol. The van der Waals surface area contributed by atoms with Crippen LogP contribution in [0.2, 0.25) is 0 Å². The van der Waals surface area contributed by atoms with Crippen LogP contribution in [0.5, 0.6) is 0 Å². The lowest BCUT2D eigenvalue weighted by atomic mass is 10.1. The Labute approximate surface area is 122 Å². The van der Waals surface area contributed by atoms with Gasteiger partial charge in [0.25, 0.3) is 0 Å². The molecule has 0 saturated carbocycles. The molecule has 0 aliphatic heterocycles. The molecule has 1 aromatic rings. The van der Waals surface area contributed by atoms with Gasteiger partial charge in [0.15, 0.2) is 0 Å². The quantitative estimate of drug-likeness (QED) is 0.393. The number of aliphatic hydroxyl groups is 1. The van der Waals surface area contributed by atoms with E-state index in [-0.39, 0.29) is 0 Å². The molecular formula is C10H14BrIN4O. The lowest BCUT2D eigenvalue weighted by molar-refractivity contribution is 0.220. The zero-order valence-corrected chi connectivity index (χ0v) is 13.3. The van der Waals surface area contributed by atoms with Crippen LogP contribution in [-0.2, 0) is 7.05 Å². The van der Waals surface area contributed by atoms with Crippen LogP contribution in [0.1, 0.15) is 18.6 Å². The molecule has 0 saturated heterocycles. The van der Waals surface area contributed by atoms with Gasteiger partial charge in [-0.2, -0.15) is 5.10 Å². The molecule has 0 aliphatic carbocycles. The average Bonchev–Trinajstić information content (AvgIpc) is 2.61. The highest BCUT2D eigenvalue weighted by Crippen LogP contribution is 2.27. The number of hydrogen-bond acceptors (Lipinski definition) is 4. The maximum Gasteiger partial charge on any atom is 0.112 e. The molecule has 5 nitrogen and oxygen atoms in total. The molecule has 94 valence electrons. The molecular weight excluding hydrogens is 399 g/mol. The molecule has 0 amide bonds. The van der Waals surface area contributed by atoms with Gasteiger partial charge >= 0.3 is 0 Å². The van der Waals surface area contributed by atoms with Crippen molar-refractivity contribution in [1.82, 2.24) is 15.1 Å². The van der Waals surface area contributed by atoms with E-state index in [0.717, 1.165) is 16.5 Å². The van der Waals surface area contributed by atoms with Gasteiger partial charge in [-0.1, -0.05) is 0 Å². The minimum absolute atomic E-state index is 0.484. The van der Waals surface area contributed by atoms with Crippen molar-refractivity contribution in [2.45, 2.75) is 13.0 Å². The van der Waals surface area contributed by atoms with Crippen molar-refractivity contribution in [3.8, 4) is 0 Å². The zero-order valence-electron chi connectivity index (χ0n) is 9.54. The predicted octanol–water partition coefficient (Wildman–Crippen LogP) is 1.92. The molecule has 3 N–H and O–H groups in total. The van der Waals surface area contributed by atoms with Crippen LogP contribution in [0, 0.1) is 9.11 Å². The van der Waals surface area contributed by atoms with Gasteiger partial charge in [-0.15, -0.1) is 0 Å². The molecule has 1 atom stereocenters. The molecule has 0 fully saturated rings. The first kappa shape index (κ1) is 14.7. The lowest BCUT2D eigenvalue weighted by Crippen LogP contribution is -2.15. The lowest BCUT2D eigenvalue weighted by Gasteiger charge is -2.13. The number of aliphatic hydroxyl groups excluding tert-OH is 1. The third-order valence-corrected chi connectivity index (χ3v) is 4.28. The van der Waals surface area contributed by atoms with Gasteiger partial charge < -0.3 is 15.8 Å². The van der Waals surface area contributed by atoms with Crippen LogP contribution in [-0.4, -0.2) is 27.6 Å². The Bertz CT molecular complexity index is 444. The van der Waals surface area contributed by atoms with E-state index < -0.39 is 6.10 Å². The van der Waals surface area contributed by atoms with Crippen LogP contribution in [0.3, 0.4) is 0 Å². The van der Waals surface area contributed by atoms with Crippen molar-refractivity contribution >= 4 is 44.7 Å². The highest BCUT2D eigenvalue weighted by atomic mass is 127. The maximum atomic E-state index is 10.2. The normalized spacial score (nSPS) is 14.2. The van der Waals surface area contributed by atoms with Crippen LogP contribution >= 0.6 is 38.5 Å². The zero-order chi connectivity index (χ0) is 13.0.